The number of hydrogen-bond acceptors (Lipinski definition) is 2. The number of unbranched alkanes of at least 4 members (excludes halogenated alkanes) is 10. The minimum Gasteiger partial charge on any atom is -0.226 e. The normalized spacial score (nSPS) is 18.7. The van der Waals surface area contributed by atoms with Gasteiger partial charge in [0.1, 0.15) is 0 Å². The minimum atomic E-state index is 0.301. The van der Waals surface area contributed by atoms with Gasteiger partial charge in [0.15, 0.2) is 0 Å². The molecule has 1 fully saturated rings. The Labute approximate surface area is 201 Å². The summed E-state index contributed by atoms with van der Waals surface area (Å²) in [4.78, 5) is 8.18. The molecular weight excluding hydrogens is 412 g/mol. The molecule has 1 aliphatic carbocycles. The van der Waals surface area contributed by atoms with E-state index < -0.39 is 0 Å². The second kappa shape index (κ2) is 14.7. The van der Waals surface area contributed by atoms with Gasteiger partial charge in [-0.1, -0.05) is 108 Å². The number of benzene rings is 1. The molecule has 0 unspecified atom stereocenters. The second-order valence-electron chi connectivity index (χ2n) is 9.90. The third-order valence-corrected chi connectivity index (χ3v) is 7.59. The molecule has 0 bridgehead atoms. The van der Waals surface area contributed by atoms with Crippen LogP contribution in [0.4, 0.5) is 0 Å². The lowest BCUT2D eigenvalue weighted by atomic mass is 9.77. The molecule has 2 aromatic rings. The number of hydrogen-bond donors (Lipinski definition) is 0. The zero-order chi connectivity index (χ0) is 22.4. The highest BCUT2D eigenvalue weighted by molar-refractivity contribution is 6.28. The summed E-state index contributed by atoms with van der Waals surface area (Å²) in [5.74, 6) is 1.70. The first kappa shape index (κ1) is 25.2. The van der Waals surface area contributed by atoms with Gasteiger partial charge in [0.05, 0.1) is 0 Å². The molecule has 2 nitrogen and oxygen atoms in total. The standard InChI is InChI=1S/C29H43ClN2/c1-2-3-4-5-6-7-8-9-10-11-12-13-24-14-16-25(17-15-24)26-18-20-27(21-19-26)28-22-31-29(30)32-23-28/h18-25H,2-17H2,1H3. The van der Waals surface area contributed by atoms with Gasteiger partial charge in [-0.05, 0) is 60.2 Å². The summed E-state index contributed by atoms with van der Waals surface area (Å²) >= 11 is 5.80. The maximum atomic E-state index is 5.80. The molecule has 1 saturated carbocycles. The van der Waals surface area contributed by atoms with Gasteiger partial charge >= 0.3 is 0 Å². The summed E-state index contributed by atoms with van der Waals surface area (Å²) in [5, 5.41) is 0.301. The van der Waals surface area contributed by atoms with E-state index in [9.17, 15) is 0 Å². The summed E-state index contributed by atoms with van der Waals surface area (Å²) in [6, 6.07) is 9.02. The minimum absolute atomic E-state index is 0.301. The molecule has 1 aromatic carbocycles. The first-order chi connectivity index (χ1) is 15.8. The lowest BCUT2D eigenvalue weighted by Gasteiger charge is -2.29. The Morgan fingerprint density at radius 2 is 1.22 bits per heavy atom. The number of halogens is 1. The molecule has 0 saturated heterocycles. The van der Waals surface area contributed by atoms with E-state index >= 15 is 0 Å². The van der Waals surface area contributed by atoms with Gasteiger partial charge < -0.3 is 0 Å². The number of aromatic nitrogens is 2. The van der Waals surface area contributed by atoms with E-state index in [0.29, 0.717) is 5.28 Å². The maximum absolute atomic E-state index is 5.80. The van der Waals surface area contributed by atoms with Gasteiger partial charge in [-0.15, -0.1) is 0 Å². The van der Waals surface area contributed by atoms with E-state index in [1.165, 1.54) is 108 Å². The molecular formula is C29H43ClN2. The van der Waals surface area contributed by atoms with E-state index in [1.807, 2.05) is 0 Å². The summed E-state index contributed by atoms with van der Waals surface area (Å²) in [6.07, 6.45) is 26.5. The molecule has 0 spiro atoms. The largest absolute Gasteiger partial charge is 0.226 e. The number of rotatable bonds is 14. The van der Waals surface area contributed by atoms with Gasteiger partial charge in [-0.2, -0.15) is 0 Å². The van der Waals surface area contributed by atoms with Crippen molar-refractivity contribution in [3.63, 3.8) is 0 Å². The molecule has 3 rings (SSSR count). The van der Waals surface area contributed by atoms with Crippen LogP contribution in [-0.2, 0) is 0 Å². The Morgan fingerprint density at radius 3 is 1.78 bits per heavy atom. The highest BCUT2D eigenvalue weighted by atomic mass is 35.5. The molecule has 0 aliphatic heterocycles. The summed E-state index contributed by atoms with van der Waals surface area (Å²) in [7, 11) is 0. The van der Waals surface area contributed by atoms with E-state index in [1.54, 1.807) is 12.4 Å². The van der Waals surface area contributed by atoms with Gasteiger partial charge in [-0.3, -0.25) is 0 Å². The average molecular weight is 455 g/mol. The Balaban J connectivity index is 1.25. The topological polar surface area (TPSA) is 25.8 Å². The van der Waals surface area contributed by atoms with Crippen LogP contribution >= 0.6 is 11.6 Å². The van der Waals surface area contributed by atoms with Gasteiger partial charge in [0.25, 0.3) is 0 Å². The lowest BCUT2D eigenvalue weighted by molar-refractivity contribution is 0.301. The summed E-state index contributed by atoms with van der Waals surface area (Å²) < 4.78 is 0. The van der Waals surface area contributed by atoms with E-state index in [2.05, 4.69) is 41.2 Å². The van der Waals surface area contributed by atoms with Crippen LogP contribution in [0, 0.1) is 5.92 Å². The Morgan fingerprint density at radius 1 is 0.688 bits per heavy atom. The van der Waals surface area contributed by atoms with Crippen molar-refractivity contribution < 1.29 is 0 Å². The first-order valence-electron chi connectivity index (χ1n) is 13.3. The Hall–Kier alpha value is -1.41. The van der Waals surface area contributed by atoms with Crippen molar-refractivity contribution in [1.82, 2.24) is 9.97 Å². The molecule has 1 aromatic heterocycles. The van der Waals surface area contributed by atoms with E-state index in [0.717, 1.165) is 23.0 Å². The molecule has 0 atom stereocenters. The summed E-state index contributed by atoms with van der Waals surface area (Å²) in [5.41, 5.74) is 3.68. The van der Waals surface area contributed by atoms with Crippen LogP contribution in [-0.4, -0.2) is 9.97 Å². The van der Waals surface area contributed by atoms with Crippen molar-refractivity contribution in [3.05, 3.63) is 47.5 Å². The van der Waals surface area contributed by atoms with Gasteiger partial charge in [0, 0.05) is 18.0 Å². The van der Waals surface area contributed by atoms with Crippen molar-refractivity contribution in [1.29, 1.82) is 0 Å². The molecule has 32 heavy (non-hydrogen) atoms. The summed E-state index contributed by atoms with van der Waals surface area (Å²) in [6.45, 7) is 2.30. The van der Waals surface area contributed by atoms with Crippen molar-refractivity contribution in [2.75, 3.05) is 0 Å². The van der Waals surface area contributed by atoms with Crippen LogP contribution in [0.3, 0.4) is 0 Å². The zero-order valence-electron chi connectivity index (χ0n) is 20.2. The van der Waals surface area contributed by atoms with E-state index in [4.69, 9.17) is 11.6 Å². The van der Waals surface area contributed by atoms with Crippen LogP contribution < -0.4 is 0 Å². The van der Waals surface area contributed by atoms with Crippen LogP contribution in [0.15, 0.2) is 36.7 Å². The fraction of sp³-hybridized carbons (Fsp3) is 0.655. The van der Waals surface area contributed by atoms with Crippen molar-refractivity contribution in [2.24, 2.45) is 5.92 Å². The molecule has 3 heteroatoms. The molecule has 176 valence electrons. The average Bonchev–Trinajstić information content (AvgIpc) is 2.84. The van der Waals surface area contributed by atoms with Crippen molar-refractivity contribution in [3.8, 4) is 11.1 Å². The predicted octanol–water partition coefficient (Wildman–Crippen LogP) is 9.77. The molecule has 0 N–H and O–H groups in total. The van der Waals surface area contributed by atoms with Crippen LogP contribution in [0.2, 0.25) is 5.28 Å². The highest BCUT2D eigenvalue weighted by Crippen LogP contribution is 2.38. The van der Waals surface area contributed by atoms with Crippen LogP contribution in [0.1, 0.15) is 121 Å². The van der Waals surface area contributed by atoms with Crippen LogP contribution in [0.25, 0.3) is 11.1 Å². The molecule has 0 amide bonds. The molecule has 1 aliphatic rings. The quantitative estimate of drug-likeness (QED) is 0.209. The third kappa shape index (κ3) is 8.85. The van der Waals surface area contributed by atoms with Crippen molar-refractivity contribution in [2.45, 2.75) is 116 Å². The number of nitrogens with zero attached hydrogens (tertiary/aromatic N) is 2. The predicted molar refractivity (Wildman–Crippen MR) is 138 cm³/mol. The second-order valence-corrected chi connectivity index (χ2v) is 10.2. The fourth-order valence-corrected chi connectivity index (χ4v) is 5.39. The lowest BCUT2D eigenvalue weighted by Crippen LogP contribution is -2.13. The smallest absolute Gasteiger partial charge is 0.222 e. The third-order valence-electron chi connectivity index (χ3n) is 7.40. The first-order valence-corrected chi connectivity index (χ1v) is 13.7. The van der Waals surface area contributed by atoms with E-state index in [-0.39, 0.29) is 0 Å². The van der Waals surface area contributed by atoms with Crippen molar-refractivity contribution >= 4 is 11.6 Å². The van der Waals surface area contributed by atoms with Gasteiger partial charge in [-0.25, -0.2) is 9.97 Å². The maximum Gasteiger partial charge on any atom is 0.222 e. The fourth-order valence-electron chi connectivity index (χ4n) is 5.29. The van der Waals surface area contributed by atoms with Gasteiger partial charge in [0.2, 0.25) is 5.28 Å². The zero-order valence-corrected chi connectivity index (χ0v) is 21.0. The Bertz CT molecular complexity index is 733. The van der Waals surface area contributed by atoms with Crippen LogP contribution in [0.5, 0.6) is 0 Å². The highest BCUT2D eigenvalue weighted by Gasteiger charge is 2.22. The molecule has 1 heterocycles. The Kier molecular flexibility index (Phi) is 11.6. The molecule has 0 radical (unpaired) electrons. The SMILES string of the molecule is CCCCCCCCCCCCCC1CCC(c2ccc(-c3cnc(Cl)nc3)cc2)CC1. The monoisotopic (exact) mass is 454 g/mol.